The van der Waals surface area contributed by atoms with Crippen molar-refractivity contribution in [1.29, 1.82) is 0 Å². The van der Waals surface area contributed by atoms with Crippen molar-refractivity contribution in [3.63, 3.8) is 0 Å². The molecule has 10 heteroatoms. The lowest BCUT2D eigenvalue weighted by molar-refractivity contribution is -0.245. The third kappa shape index (κ3) is 10.3. The average molecular weight is 703 g/mol. The summed E-state index contributed by atoms with van der Waals surface area (Å²) in [5, 5.41) is 16.3. The maximum absolute atomic E-state index is 12.6. The van der Waals surface area contributed by atoms with Crippen molar-refractivity contribution in [2.24, 2.45) is 0 Å². The van der Waals surface area contributed by atoms with Crippen LogP contribution in [-0.4, -0.2) is 33.8 Å². The Hall–Kier alpha value is -5.00. The van der Waals surface area contributed by atoms with Gasteiger partial charge in [-0.1, -0.05) is 78.9 Å². The zero-order valence-electron chi connectivity index (χ0n) is 28.2. The second-order valence-corrected chi connectivity index (χ2v) is 13.5. The van der Waals surface area contributed by atoms with Crippen molar-refractivity contribution in [3.8, 4) is 11.1 Å². The number of aromatic nitrogens is 1. The van der Waals surface area contributed by atoms with E-state index in [0.717, 1.165) is 44.2 Å². The highest BCUT2D eigenvalue weighted by atomic mass is 32.2. The van der Waals surface area contributed by atoms with Crippen molar-refractivity contribution in [1.82, 2.24) is 10.3 Å². The molecule has 0 saturated carbocycles. The van der Waals surface area contributed by atoms with Crippen molar-refractivity contribution < 1.29 is 24.2 Å². The van der Waals surface area contributed by atoms with Gasteiger partial charge in [0.1, 0.15) is 0 Å². The van der Waals surface area contributed by atoms with Gasteiger partial charge in [0.25, 0.3) is 0 Å². The number of carbonyl (C=O) groups is 2. The highest BCUT2D eigenvalue weighted by molar-refractivity contribution is 7.99. The van der Waals surface area contributed by atoms with Gasteiger partial charge in [-0.3, -0.25) is 9.59 Å². The minimum atomic E-state index is -0.579. The van der Waals surface area contributed by atoms with Crippen LogP contribution in [0.2, 0.25) is 0 Å². The van der Waals surface area contributed by atoms with Crippen LogP contribution in [0.3, 0.4) is 0 Å². The highest BCUT2D eigenvalue weighted by Gasteiger charge is 2.32. The number of nitrogens with zero attached hydrogens (tertiary/aromatic N) is 1. The zero-order valence-corrected chi connectivity index (χ0v) is 29.1. The zero-order chi connectivity index (χ0) is 35.4. The van der Waals surface area contributed by atoms with E-state index in [0.29, 0.717) is 30.8 Å². The molecule has 2 amide bonds. The molecule has 5 aromatic rings. The number of ether oxygens (including phenoxy) is 2. The Morgan fingerprint density at radius 3 is 2.35 bits per heavy atom. The lowest BCUT2D eigenvalue weighted by atomic mass is 9.99. The molecule has 1 aliphatic rings. The fourth-order valence-electron chi connectivity index (χ4n) is 5.88. The van der Waals surface area contributed by atoms with E-state index in [1.165, 1.54) is 0 Å². The van der Waals surface area contributed by atoms with Crippen LogP contribution in [0, 0.1) is 0 Å². The van der Waals surface area contributed by atoms with Gasteiger partial charge in [-0.15, -0.1) is 11.8 Å². The second kappa shape index (κ2) is 17.8. The topological polar surface area (TPSA) is 136 Å². The van der Waals surface area contributed by atoms with Gasteiger partial charge in [-0.05, 0) is 70.6 Å². The van der Waals surface area contributed by atoms with E-state index >= 15 is 0 Å². The molecule has 5 N–H and O–H groups in total. The summed E-state index contributed by atoms with van der Waals surface area (Å²) in [7, 11) is 0. The van der Waals surface area contributed by atoms with E-state index in [1.807, 2.05) is 78.9 Å². The summed E-state index contributed by atoms with van der Waals surface area (Å²) in [5.74, 6) is 0.439. The number of para-hydroxylation sites is 2. The van der Waals surface area contributed by atoms with E-state index < -0.39 is 6.29 Å². The maximum Gasteiger partial charge on any atom is 0.224 e. The molecule has 0 bridgehead atoms. The van der Waals surface area contributed by atoms with E-state index in [-0.39, 0.29) is 43.5 Å². The molecule has 1 saturated heterocycles. The van der Waals surface area contributed by atoms with Gasteiger partial charge >= 0.3 is 0 Å². The summed E-state index contributed by atoms with van der Waals surface area (Å²) in [4.78, 5) is 29.3. The first-order chi connectivity index (χ1) is 24.9. The summed E-state index contributed by atoms with van der Waals surface area (Å²) < 4.78 is 13.2. The third-order valence-corrected chi connectivity index (χ3v) is 9.70. The molecule has 0 aliphatic carbocycles. The summed E-state index contributed by atoms with van der Waals surface area (Å²) in [6.45, 7) is 0.369. The quantitative estimate of drug-likeness (QED) is 0.0687. The molecular weight excluding hydrogens is 661 g/mol. The normalized spacial score (nSPS) is 17.1. The highest BCUT2D eigenvalue weighted by Crippen LogP contribution is 2.40. The first-order valence-electron chi connectivity index (χ1n) is 17.1. The number of aliphatic hydroxyl groups is 1. The molecule has 1 aliphatic heterocycles. The van der Waals surface area contributed by atoms with Crippen LogP contribution in [0.1, 0.15) is 60.3 Å². The summed E-state index contributed by atoms with van der Waals surface area (Å²) in [6, 6.07) is 37.1. The number of rotatable bonds is 14. The van der Waals surface area contributed by atoms with Crippen molar-refractivity contribution >= 4 is 35.0 Å². The second-order valence-electron chi connectivity index (χ2n) is 12.4. The fourth-order valence-corrected chi connectivity index (χ4v) is 6.76. The monoisotopic (exact) mass is 702 g/mol. The average Bonchev–Trinajstić information content (AvgIpc) is 3.17. The Morgan fingerprint density at radius 1 is 0.804 bits per heavy atom. The predicted octanol–water partition coefficient (Wildman–Crippen LogP) is 7.59. The first-order valence-corrected chi connectivity index (χ1v) is 18.1. The van der Waals surface area contributed by atoms with Crippen LogP contribution in [0.4, 0.5) is 11.4 Å². The summed E-state index contributed by atoms with van der Waals surface area (Å²) in [5.41, 5.74) is 12.8. The smallest absolute Gasteiger partial charge is 0.224 e. The number of nitrogens with two attached hydrogens (primary N) is 1. The Kier molecular flexibility index (Phi) is 12.5. The molecule has 0 spiro atoms. The molecular formula is C41H42N4O5S. The van der Waals surface area contributed by atoms with Crippen LogP contribution in [0.15, 0.2) is 126 Å². The van der Waals surface area contributed by atoms with E-state index in [2.05, 4.69) is 33.8 Å². The number of amides is 2. The van der Waals surface area contributed by atoms with E-state index in [9.17, 15) is 14.7 Å². The number of hydrogen-bond acceptors (Lipinski definition) is 8. The molecule has 0 unspecified atom stereocenters. The predicted molar refractivity (Wildman–Crippen MR) is 200 cm³/mol. The first kappa shape index (κ1) is 35.8. The van der Waals surface area contributed by atoms with Gasteiger partial charge in [0.2, 0.25) is 11.8 Å². The van der Waals surface area contributed by atoms with Gasteiger partial charge in [0, 0.05) is 43.3 Å². The number of hydrogen-bond donors (Lipinski definition) is 4. The molecule has 9 nitrogen and oxygen atoms in total. The molecule has 51 heavy (non-hydrogen) atoms. The number of aliphatic hydroxyl groups excluding tert-OH is 1. The number of nitrogen functional groups attached to an aromatic ring is 1. The van der Waals surface area contributed by atoms with Crippen molar-refractivity contribution in [2.75, 3.05) is 16.8 Å². The van der Waals surface area contributed by atoms with Gasteiger partial charge in [0.05, 0.1) is 35.2 Å². The molecule has 1 aromatic heterocycles. The van der Waals surface area contributed by atoms with Crippen molar-refractivity contribution in [3.05, 3.63) is 144 Å². The Morgan fingerprint density at radius 2 is 1.57 bits per heavy atom. The van der Waals surface area contributed by atoms with Gasteiger partial charge in [-0.2, -0.15) is 0 Å². The number of thioether (sulfide) groups is 1. The number of benzene rings is 4. The van der Waals surface area contributed by atoms with Crippen LogP contribution in [0.25, 0.3) is 11.1 Å². The number of carbonyl (C=O) groups excluding carboxylic acids is 2. The van der Waals surface area contributed by atoms with Crippen LogP contribution in [-0.2, 0) is 32.2 Å². The van der Waals surface area contributed by atoms with Gasteiger partial charge in [0.15, 0.2) is 6.29 Å². The van der Waals surface area contributed by atoms with E-state index in [1.54, 1.807) is 36.2 Å². The summed E-state index contributed by atoms with van der Waals surface area (Å²) in [6.07, 6.45) is 2.55. The lowest BCUT2D eigenvalue weighted by Crippen LogP contribution is -2.31. The Balaban J connectivity index is 1.07. The van der Waals surface area contributed by atoms with Crippen molar-refractivity contribution in [2.45, 2.75) is 62.4 Å². The van der Waals surface area contributed by atoms with Crippen LogP contribution >= 0.6 is 11.8 Å². The van der Waals surface area contributed by atoms with Crippen LogP contribution < -0.4 is 16.4 Å². The standard InChI is InChI=1S/C41H42N4O5S/c42-35-12-1-2-13-36(35)45-39(48)15-7-14-38(47)44-25-29-8-5-9-31(22-29)32-10-6-11-33(23-32)41-49-34(27-51-40-16-3-4-21-43-40)24-37(50-41)30-19-17-28(26-46)18-20-30/h1-6,8-13,16-23,34,37,41,46H,7,14-15,24-27,42H2,(H,44,47)(H,45,48)/t34-,37+,41+/m0/s1. The molecule has 3 atom stereocenters. The lowest BCUT2D eigenvalue weighted by Gasteiger charge is -2.36. The summed E-state index contributed by atoms with van der Waals surface area (Å²) >= 11 is 1.67. The fraction of sp³-hybridized carbons (Fsp3) is 0.244. The molecule has 0 radical (unpaired) electrons. The molecule has 6 rings (SSSR count). The molecule has 1 fully saturated rings. The molecule has 262 valence electrons. The van der Waals surface area contributed by atoms with Gasteiger partial charge < -0.3 is 30.9 Å². The van der Waals surface area contributed by atoms with Gasteiger partial charge in [-0.25, -0.2) is 4.98 Å². The largest absolute Gasteiger partial charge is 0.397 e. The third-order valence-electron chi connectivity index (χ3n) is 8.62. The number of anilines is 2. The molecule has 2 heterocycles. The number of pyridine rings is 1. The minimum Gasteiger partial charge on any atom is -0.397 e. The maximum atomic E-state index is 12.6. The van der Waals surface area contributed by atoms with Crippen LogP contribution in [0.5, 0.6) is 0 Å². The number of nitrogens with one attached hydrogen (secondary N) is 2. The Bertz CT molecular complexity index is 1910. The molecule has 4 aromatic carbocycles. The Labute approximate surface area is 302 Å². The minimum absolute atomic E-state index is 0.00650. The van der Waals surface area contributed by atoms with E-state index in [4.69, 9.17) is 15.2 Å². The SMILES string of the molecule is Nc1ccccc1NC(=O)CCCC(=O)NCc1cccc(-c2cccc([C@@H]3O[C@H](CSc4ccccn4)C[C@H](c4ccc(CO)cc4)O3)c2)c1.